The molecule has 0 saturated carbocycles. The number of ether oxygens (including phenoxy) is 1. The first-order chi connectivity index (χ1) is 15.1. The van der Waals surface area contributed by atoms with Gasteiger partial charge in [-0.05, 0) is 35.2 Å². The molecule has 7 nitrogen and oxygen atoms in total. The van der Waals surface area contributed by atoms with Crippen LogP contribution in [0.1, 0.15) is 36.7 Å². The van der Waals surface area contributed by atoms with Crippen LogP contribution in [0, 0.1) is 0 Å². The highest BCUT2D eigenvalue weighted by Crippen LogP contribution is 2.22. The topological polar surface area (TPSA) is 79.0 Å². The van der Waals surface area contributed by atoms with E-state index in [-0.39, 0.29) is 17.9 Å². The Morgan fingerprint density at radius 1 is 0.969 bits per heavy atom. The van der Waals surface area contributed by atoms with Crippen molar-refractivity contribution in [1.82, 2.24) is 4.90 Å². The third kappa shape index (κ3) is 5.95. The smallest absolute Gasteiger partial charge is 0.295 e. The zero-order valence-corrected chi connectivity index (χ0v) is 19.2. The van der Waals surface area contributed by atoms with Crippen molar-refractivity contribution < 1.29 is 19.1 Å². The summed E-state index contributed by atoms with van der Waals surface area (Å²) in [7, 11) is 1.45. The molecule has 0 aliphatic carbocycles. The molecule has 1 aliphatic rings. The van der Waals surface area contributed by atoms with E-state index in [1.807, 2.05) is 36.4 Å². The number of carbonyl (C=O) groups excluding carboxylic acids is 3. The average molecular weight is 438 g/mol. The summed E-state index contributed by atoms with van der Waals surface area (Å²) in [5.74, 6) is -1.71. The lowest BCUT2D eigenvalue weighted by Gasteiger charge is -2.28. The van der Waals surface area contributed by atoms with E-state index in [0.717, 1.165) is 29.2 Å². The highest BCUT2D eigenvalue weighted by molar-refractivity contribution is 6.42. The van der Waals surface area contributed by atoms with Gasteiger partial charge in [-0.1, -0.05) is 45.0 Å². The highest BCUT2D eigenvalue weighted by Gasteiger charge is 2.23. The first-order valence-electron chi connectivity index (χ1n) is 10.8. The molecule has 3 rings (SSSR count). The number of likely N-dealkylation sites (N-methyl/N-ethyl adjacent to an activating group) is 1. The van der Waals surface area contributed by atoms with Crippen LogP contribution in [0.25, 0.3) is 0 Å². The summed E-state index contributed by atoms with van der Waals surface area (Å²) in [6.45, 7) is 9.12. The van der Waals surface area contributed by atoms with E-state index in [1.165, 1.54) is 7.05 Å². The molecule has 7 heteroatoms. The molecule has 1 N–H and O–H groups in total. The minimum atomic E-state index is -0.716. The minimum absolute atomic E-state index is 0.0408. The van der Waals surface area contributed by atoms with Crippen molar-refractivity contribution in [3.63, 3.8) is 0 Å². The fourth-order valence-corrected chi connectivity index (χ4v) is 3.48. The number of amides is 2. The van der Waals surface area contributed by atoms with E-state index in [4.69, 9.17) is 4.74 Å². The van der Waals surface area contributed by atoms with Gasteiger partial charge >= 0.3 is 0 Å². The Balaban J connectivity index is 1.54. The zero-order valence-electron chi connectivity index (χ0n) is 19.2. The number of benzene rings is 2. The molecule has 0 spiro atoms. The normalized spacial score (nSPS) is 14.1. The molecule has 1 heterocycles. The van der Waals surface area contributed by atoms with Crippen LogP contribution in [0.2, 0.25) is 0 Å². The molecular formula is C25H31N3O4. The van der Waals surface area contributed by atoms with Crippen molar-refractivity contribution in [3.05, 3.63) is 59.7 Å². The van der Waals surface area contributed by atoms with Crippen molar-refractivity contribution >= 4 is 29.0 Å². The summed E-state index contributed by atoms with van der Waals surface area (Å²) in [6, 6.07) is 14.6. The van der Waals surface area contributed by atoms with Gasteiger partial charge in [-0.15, -0.1) is 0 Å². The van der Waals surface area contributed by atoms with Gasteiger partial charge < -0.3 is 19.9 Å². The average Bonchev–Trinajstić information content (AvgIpc) is 2.78. The summed E-state index contributed by atoms with van der Waals surface area (Å²) in [6.07, 6.45) is 0. The van der Waals surface area contributed by atoms with Crippen LogP contribution in [-0.4, -0.2) is 62.4 Å². The number of nitrogens with zero attached hydrogens (tertiary/aromatic N) is 2. The Morgan fingerprint density at radius 3 is 2.12 bits per heavy atom. The van der Waals surface area contributed by atoms with Crippen molar-refractivity contribution in [1.29, 1.82) is 0 Å². The van der Waals surface area contributed by atoms with Crippen LogP contribution in [0.5, 0.6) is 0 Å². The number of morpholine rings is 1. The molecule has 1 saturated heterocycles. The predicted octanol–water partition coefficient (Wildman–Crippen LogP) is 3.10. The Bertz CT molecular complexity index is 956. The van der Waals surface area contributed by atoms with Crippen LogP contribution in [0.15, 0.2) is 48.5 Å². The third-order valence-electron chi connectivity index (χ3n) is 5.46. The second-order valence-corrected chi connectivity index (χ2v) is 9.01. The number of hydrogen-bond acceptors (Lipinski definition) is 5. The summed E-state index contributed by atoms with van der Waals surface area (Å²) < 4.78 is 5.36. The highest BCUT2D eigenvalue weighted by atomic mass is 16.5. The number of rotatable bonds is 6. The van der Waals surface area contributed by atoms with Gasteiger partial charge in [0.25, 0.3) is 5.91 Å². The van der Waals surface area contributed by atoms with Gasteiger partial charge in [0, 0.05) is 37.1 Å². The van der Waals surface area contributed by atoms with Crippen LogP contribution in [-0.2, 0) is 19.7 Å². The van der Waals surface area contributed by atoms with Gasteiger partial charge in [0.05, 0.1) is 19.8 Å². The van der Waals surface area contributed by atoms with Crippen molar-refractivity contribution in [2.45, 2.75) is 26.2 Å². The third-order valence-corrected chi connectivity index (χ3v) is 5.46. The molecule has 32 heavy (non-hydrogen) atoms. The summed E-state index contributed by atoms with van der Waals surface area (Å²) in [4.78, 5) is 40.8. The SMILES string of the molecule is CN(CC(=O)Nc1ccc(N2CCOCC2)cc1)C(=O)C(=O)c1ccc(C(C)(C)C)cc1. The van der Waals surface area contributed by atoms with Crippen LogP contribution < -0.4 is 10.2 Å². The number of Topliss-reactive ketones (excluding diaryl/α,β-unsaturated/α-hetero) is 1. The van der Waals surface area contributed by atoms with Gasteiger partial charge in [0.2, 0.25) is 11.7 Å². The molecule has 0 bridgehead atoms. The van der Waals surface area contributed by atoms with Crippen molar-refractivity contribution in [2.75, 3.05) is 50.1 Å². The lowest BCUT2D eigenvalue weighted by Crippen LogP contribution is -2.39. The Labute approximate surface area is 189 Å². The van der Waals surface area contributed by atoms with Crippen molar-refractivity contribution in [3.8, 4) is 0 Å². The molecule has 1 fully saturated rings. The molecule has 1 aliphatic heterocycles. The largest absolute Gasteiger partial charge is 0.378 e. The van der Waals surface area contributed by atoms with Crippen LogP contribution in [0.3, 0.4) is 0 Å². The first kappa shape index (κ1) is 23.5. The van der Waals surface area contributed by atoms with Crippen LogP contribution in [0.4, 0.5) is 11.4 Å². The van der Waals surface area contributed by atoms with E-state index in [1.54, 1.807) is 12.1 Å². The number of hydrogen-bond donors (Lipinski definition) is 1. The van der Waals surface area contributed by atoms with Gasteiger partial charge in [0.1, 0.15) is 0 Å². The van der Waals surface area contributed by atoms with E-state index in [0.29, 0.717) is 24.5 Å². The second kappa shape index (κ2) is 9.96. The summed E-state index contributed by atoms with van der Waals surface area (Å²) >= 11 is 0. The monoisotopic (exact) mass is 437 g/mol. The summed E-state index contributed by atoms with van der Waals surface area (Å²) in [5, 5.41) is 2.77. The standard InChI is InChI=1S/C25H31N3O4/c1-25(2,3)19-7-5-18(6-8-19)23(30)24(31)27(4)17-22(29)26-20-9-11-21(12-10-20)28-13-15-32-16-14-28/h5-12H,13-17H2,1-4H3,(H,26,29). The van der Waals surface area contributed by atoms with Crippen LogP contribution >= 0.6 is 0 Å². The lowest BCUT2D eigenvalue weighted by atomic mass is 9.86. The molecule has 0 atom stereocenters. The molecular weight excluding hydrogens is 406 g/mol. The van der Waals surface area contributed by atoms with Gasteiger partial charge in [-0.25, -0.2) is 0 Å². The van der Waals surface area contributed by atoms with E-state index >= 15 is 0 Å². The lowest BCUT2D eigenvalue weighted by molar-refractivity contribution is -0.129. The van der Waals surface area contributed by atoms with Crippen molar-refractivity contribution in [2.24, 2.45) is 0 Å². The van der Waals surface area contributed by atoms with Gasteiger partial charge in [-0.2, -0.15) is 0 Å². The number of carbonyl (C=O) groups is 3. The fraction of sp³-hybridized carbons (Fsp3) is 0.400. The maximum absolute atomic E-state index is 12.5. The predicted molar refractivity (Wildman–Crippen MR) is 125 cm³/mol. The second-order valence-electron chi connectivity index (χ2n) is 9.01. The minimum Gasteiger partial charge on any atom is -0.378 e. The molecule has 0 unspecified atom stereocenters. The van der Waals surface area contributed by atoms with E-state index in [9.17, 15) is 14.4 Å². The van der Waals surface area contributed by atoms with E-state index in [2.05, 4.69) is 31.0 Å². The number of nitrogens with one attached hydrogen (secondary N) is 1. The number of anilines is 2. The molecule has 0 aromatic heterocycles. The summed E-state index contributed by atoms with van der Waals surface area (Å²) in [5.41, 5.74) is 3.06. The fourth-order valence-electron chi connectivity index (χ4n) is 3.48. The molecule has 2 aromatic carbocycles. The zero-order chi connectivity index (χ0) is 23.3. The maximum atomic E-state index is 12.5. The Kier molecular flexibility index (Phi) is 7.30. The van der Waals surface area contributed by atoms with Gasteiger partial charge in [-0.3, -0.25) is 14.4 Å². The van der Waals surface area contributed by atoms with Gasteiger partial charge in [0.15, 0.2) is 0 Å². The molecule has 2 aromatic rings. The maximum Gasteiger partial charge on any atom is 0.295 e. The molecule has 2 amide bonds. The Hall–Kier alpha value is -3.19. The first-order valence-corrected chi connectivity index (χ1v) is 10.8. The molecule has 0 radical (unpaired) electrons. The number of ketones is 1. The molecule has 170 valence electrons. The van der Waals surface area contributed by atoms with E-state index < -0.39 is 11.7 Å². The quantitative estimate of drug-likeness (QED) is 0.555. The Morgan fingerprint density at radius 2 is 1.56 bits per heavy atom.